The molecule has 0 spiro atoms. The van der Waals surface area contributed by atoms with Crippen LogP contribution in [0.15, 0.2) is 34.7 Å². The fourth-order valence-corrected chi connectivity index (χ4v) is 4.80. The van der Waals surface area contributed by atoms with E-state index in [-0.39, 0.29) is 17.0 Å². The maximum atomic E-state index is 10.00. The fraction of sp³-hybridized carbons (Fsp3) is 0.381. The van der Waals surface area contributed by atoms with Crippen molar-refractivity contribution in [3.05, 3.63) is 51.9 Å². The first-order valence-electron chi connectivity index (χ1n) is 9.62. The third-order valence-corrected chi connectivity index (χ3v) is 6.17. The highest BCUT2D eigenvalue weighted by Gasteiger charge is 2.28. The summed E-state index contributed by atoms with van der Waals surface area (Å²) in [6.07, 6.45) is 4.36. The minimum absolute atomic E-state index is 0. The van der Waals surface area contributed by atoms with E-state index >= 15 is 0 Å². The van der Waals surface area contributed by atoms with E-state index < -0.39 is 0 Å². The highest BCUT2D eigenvalue weighted by atomic mass is 79.9. The number of aryl methyl sites for hydroxylation is 1. The fourth-order valence-electron chi connectivity index (χ4n) is 3.71. The van der Waals surface area contributed by atoms with Gasteiger partial charge in [0.2, 0.25) is 0 Å². The van der Waals surface area contributed by atoms with Gasteiger partial charge in [-0.1, -0.05) is 18.2 Å². The molecule has 4 rings (SSSR count). The first-order valence-corrected chi connectivity index (χ1v) is 10.5. The van der Waals surface area contributed by atoms with Gasteiger partial charge in [0.1, 0.15) is 28.2 Å². The van der Waals surface area contributed by atoms with Gasteiger partial charge in [-0.05, 0) is 49.6 Å². The van der Waals surface area contributed by atoms with Gasteiger partial charge in [0, 0.05) is 24.9 Å². The van der Waals surface area contributed by atoms with Crippen molar-refractivity contribution in [3.8, 4) is 11.8 Å². The number of aromatic nitrogens is 3. The number of halogens is 1. The van der Waals surface area contributed by atoms with Crippen molar-refractivity contribution in [2.75, 3.05) is 13.7 Å². The van der Waals surface area contributed by atoms with Gasteiger partial charge in [0.25, 0.3) is 0 Å². The lowest BCUT2D eigenvalue weighted by molar-refractivity contribution is 0.414. The van der Waals surface area contributed by atoms with Gasteiger partial charge < -0.3 is 14.2 Å². The highest BCUT2D eigenvalue weighted by molar-refractivity contribution is 8.93. The van der Waals surface area contributed by atoms with Crippen molar-refractivity contribution in [2.24, 2.45) is 0 Å². The van der Waals surface area contributed by atoms with Gasteiger partial charge in [0.05, 0.1) is 12.8 Å². The van der Waals surface area contributed by atoms with Crippen molar-refractivity contribution in [3.63, 3.8) is 0 Å². The number of nitriles is 1. The molecule has 2 aromatic rings. The molecule has 152 valence electrons. The molecule has 0 radical (unpaired) electrons. The van der Waals surface area contributed by atoms with E-state index in [1.807, 2.05) is 24.3 Å². The zero-order chi connectivity index (χ0) is 19.5. The van der Waals surface area contributed by atoms with Gasteiger partial charge in [-0.25, -0.2) is 0 Å². The summed E-state index contributed by atoms with van der Waals surface area (Å²) in [7, 11) is 1.67. The normalized spacial score (nSPS) is 17.6. The molecule has 2 aliphatic rings. The summed E-state index contributed by atoms with van der Waals surface area (Å²) in [6, 6.07) is 10.4. The molecule has 1 aromatic heterocycles. The predicted octanol–water partition coefficient (Wildman–Crippen LogP) is 4.85. The van der Waals surface area contributed by atoms with Crippen molar-refractivity contribution < 1.29 is 4.74 Å². The summed E-state index contributed by atoms with van der Waals surface area (Å²) in [4.78, 5) is 2.18. The Bertz CT molecular complexity index is 974. The van der Waals surface area contributed by atoms with E-state index in [1.165, 1.54) is 6.42 Å². The summed E-state index contributed by atoms with van der Waals surface area (Å²) < 4.78 is 7.40. The molecule has 0 fully saturated rings. The van der Waals surface area contributed by atoms with Crippen LogP contribution in [0.3, 0.4) is 0 Å². The molecule has 29 heavy (non-hydrogen) atoms. The van der Waals surface area contributed by atoms with Crippen LogP contribution in [0.25, 0.3) is 11.3 Å². The number of rotatable bonds is 4. The second-order valence-electron chi connectivity index (χ2n) is 6.79. The largest absolute Gasteiger partial charge is 0.497 e. The van der Waals surface area contributed by atoms with E-state index in [0.717, 1.165) is 60.2 Å². The Hall–Kier alpha value is -2.24. The molecule has 0 amide bonds. The Morgan fingerprint density at radius 3 is 2.69 bits per heavy atom. The van der Waals surface area contributed by atoms with Crippen LogP contribution in [0.1, 0.15) is 43.4 Å². The van der Waals surface area contributed by atoms with E-state index in [2.05, 4.69) is 38.1 Å². The van der Waals surface area contributed by atoms with Gasteiger partial charge >= 0.3 is 0 Å². The Morgan fingerprint density at radius 1 is 1.21 bits per heavy atom. The Morgan fingerprint density at radius 2 is 2.00 bits per heavy atom. The molecule has 0 atom stereocenters. The first-order chi connectivity index (χ1) is 13.8. The number of hydrogen-bond acceptors (Lipinski definition) is 6. The van der Waals surface area contributed by atoms with Gasteiger partial charge in [-0.3, -0.25) is 0 Å². The molecule has 6 nitrogen and oxygen atoms in total. The zero-order valence-corrected chi connectivity index (χ0v) is 19.1. The molecular weight excluding hydrogens is 450 g/mol. The molecule has 3 heterocycles. The molecule has 0 bridgehead atoms. The van der Waals surface area contributed by atoms with E-state index in [4.69, 9.17) is 4.74 Å². The minimum Gasteiger partial charge on any atom is -0.497 e. The van der Waals surface area contributed by atoms with Crippen LogP contribution in [-0.2, 0) is 13.0 Å². The van der Waals surface area contributed by atoms with Gasteiger partial charge in [-0.2, -0.15) is 5.26 Å². The van der Waals surface area contributed by atoms with Crippen LogP contribution in [0.2, 0.25) is 0 Å². The van der Waals surface area contributed by atoms with E-state index in [0.29, 0.717) is 11.4 Å². The lowest BCUT2D eigenvalue weighted by Crippen LogP contribution is -2.18. The van der Waals surface area contributed by atoms with Gasteiger partial charge in [0.15, 0.2) is 5.82 Å². The van der Waals surface area contributed by atoms with Crippen molar-refractivity contribution in [1.29, 1.82) is 5.26 Å². The van der Waals surface area contributed by atoms with Crippen LogP contribution in [0.5, 0.6) is 5.75 Å². The molecule has 2 aliphatic heterocycles. The zero-order valence-electron chi connectivity index (χ0n) is 16.6. The summed E-state index contributed by atoms with van der Waals surface area (Å²) in [5.74, 6) is 2.53. The van der Waals surface area contributed by atoms with Crippen LogP contribution in [-0.4, -0.2) is 33.3 Å². The Balaban J connectivity index is 0.00000240. The third kappa shape index (κ3) is 4.07. The standard InChI is InChI=1S/C21H23N5OS.BrH/c1-3-25-18(15-8-10-16(27-2)11-9-15)14-28-21(25)17(13-22)20-24-23-19-7-5-4-6-12-26(19)20;/h8-11,14H,3-7,12H2,1-2H3;1H. The molecule has 8 heteroatoms. The molecule has 1 aromatic carbocycles. The maximum Gasteiger partial charge on any atom is 0.177 e. The smallest absolute Gasteiger partial charge is 0.177 e. The van der Waals surface area contributed by atoms with Crippen molar-refractivity contribution >= 4 is 40.0 Å². The maximum absolute atomic E-state index is 10.00. The number of ether oxygens (including phenoxy) is 1. The number of fused-ring (bicyclic) bond motifs is 1. The first kappa shape index (κ1) is 21.5. The summed E-state index contributed by atoms with van der Waals surface area (Å²) >= 11 is 1.58. The number of methoxy groups -OCH3 is 1. The van der Waals surface area contributed by atoms with Gasteiger partial charge in [-0.15, -0.1) is 27.2 Å². The average Bonchev–Trinajstić information content (AvgIpc) is 3.26. The van der Waals surface area contributed by atoms with Crippen molar-refractivity contribution in [1.82, 2.24) is 19.7 Å². The number of benzene rings is 1. The Labute approximate surface area is 186 Å². The van der Waals surface area contributed by atoms with Crippen molar-refractivity contribution in [2.45, 2.75) is 39.2 Å². The molecule has 0 saturated heterocycles. The summed E-state index contributed by atoms with van der Waals surface area (Å²) in [6.45, 7) is 3.75. The van der Waals surface area contributed by atoms with Crippen LogP contribution >= 0.6 is 28.7 Å². The van der Waals surface area contributed by atoms with Crippen LogP contribution < -0.4 is 4.74 Å². The molecule has 0 aliphatic carbocycles. The monoisotopic (exact) mass is 473 g/mol. The number of thioether (sulfide) groups is 1. The lowest BCUT2D eigenvalue weighted by Gasteiger charge is -2.23. The minimum atomic E-state index is 0. The predicted molar refractivity (Wildman–Crippen MR) is 121 cm³/mol. The number of allylic oxidation sites excluding steroid dienone is 1. The molecule has 0 saturated carbocycles. The van der Waals surface area contributed by atoms with E-state index in [9.17, 15) is 5.26 Å². The SMILES string of the molecule is Br.CCN1C(c2ccc(OC)cc2)=CSC1=C(C#N)c1nnc2n1CCCCC2. The topological polar surface area (TPSA) is 67.0 Å². The number of hydrogen-bond donors (Lipinski definition) is 0. The summed E-state index contributed by atoms with van der Waals surface area (Å²) in [5.41, 5.74) is 2.79. The summed E-state index contributed by atoms with van der Waals surface area (Å²) in [5, 5.41) is 21.8. The molecular formula is C21H24BrN5OS. The average molecular weight is 474 g/mol. The quantitative estimate of drug-likeness (QED) is 0.591. The van der Waals surface area contributed by atoms with E-state index in [1.54, 1.807) is 18.9 Å². The Kier molecular flexibility index (Phi) is 7.04. The second kappa shape index (κ2) is 9.51. The number of nitrogens with zero attached hydrogens (tertiary/aromatic N) is 5. The van der Waals surface area contributed by atoms with Crippen LogP contribution in [0.4, 0.5) is 0 Å². The lowest BCUT2D eigenvalue weighted by atomic mass is 10.1. The molecule has 0 unspecified atom stereocenters. The van der Waals surface area contributed by atoms with Crippen LogP contribution in [0, 0.1) is 11.3 Å². The highest BCUT2D eigenvalue weighted by Crippen LogP contribution is 2.43. The third-order valence-electron chi connectivity index (χ3n) is 5.18. The second-order valence-corrected chi connectivity index (χ2v) is 7.65. The molecule has 0 N–H and O–H groups in total.